The molecule has 0 N–H and O–H groups in total. The zero-order valence-electron chi connectivity index (χ0n) is 11.0. The van der Waals surface area contributed by atoms with E-state index < -0.39 is 0 Å². The molecule has 0 aliphatic heterocycles. The molecule has 0 spiro atoms. The summed E-state index contributed by atoms with van der Waals surface area (Å²) in [7, 11) is 0. The molecule has 1 saturated carbocycles. The van der Waals surface area contributed by atoms with Gasteiger partial charge in [-0.3, -0.25) is 0 Å². The second-order valence-corrected chi connectivity index (χ2v) is 7.44. The minimum atomic E-state index is 0.522. The lowest BCUT2D eigenvalue weighted by atomic mass is 9.73. The van der Waals surface area contributed by atoms with Crippen molar-refractivity contribution in [1.82, 2.24) is 0 Å². The van der Waals surface area contributed by atoms with E-state index in [9.17, 15) is 0 Å². The van der Waals surface area contributed by atoms with E-state index >= 15 is 0 Å². The lowest BCUT2D eigenvalue weighted by Crippen LogP contribution is -2.22. The molecule has 0 saturated heterocycles. The summed E-state index contributed by atoms with van der Waals surface area (Å²) < 4.78 is 0. The van der Waals surface area contributed by atoms with Gasteiger partial charge in [0.25, 0.3) is 0 Å². The summed E-state index contributed by atoms with van der Waals surface area (Å²) in [4.78, 5) is 0. The van der Waals surface area contributed by atoms with Crippen molar-refractivity contribution in [3.8, 4) is 0 Å². The van der Waals surface area contributed by atoms with Crippen LogP contribution in [0.4, 0.5) is 0 Å². The van der Waals surface area contributed by atoms with Crippen LogP contribution in [0, 0.1) is 16.2 Å². The van der Waals surface area contributed by atoms with Crippen molar-refractivity contribution in [3.05, 3.63) is 0 Å². The first-order valence-corrected chi connectivity index (χ1v) is 6.16. The lowest BCUT2D eigenvalue weighted by molar-refractivity contribution is 0.185. The Bertz CT molecular complexity index is 183. The Balaban J connectivity index is 2.32. The van der Waals surface area contributed by atoms with E-state index in [0.29, 0.717) is 16.2 Å². The molecule has 0 heteroatoms. The van der Waals surface area contributed by atoms with Crippen LogP contribution in [0.5, 0.6) is 0 Å². The van der Waals surface area contributed by atoms with Crippen LogP contribution in [0.3, 0.4) is 0 Å². The molecule has 0 atom stereocenters. The van der Waals surface area contributed by atoms with Gasteiger partial charge in [-0.2, -0.15) is 0 Å². The second kappa shape index (κ2) is 3.54. The monoisotopic (exact) mass is 196 g/mol. The Hall–Kier alpha value is 0. The molecule has 1 fully saturated rings. The van der Waals surface area contributed by atoms with Gasteiger partial charge < -0.3 is 0 Å². The van der Waals surface area contributed by atoms with E-state index in [-0.39, 0.29) is 0 Å². The van der Waals surface area contributed by atoms with Gasteiger partial charge in [0.2, 0.25) is 0 Å². The fraction of sp³-hybridized carbons (Fsp3) is 1.00. The zero-order valence-corrected chi connectivity index (χ0v) is 11.0. The van der Waals surface area contributed by atoms with Crippen molar-refractivity contribution in [3.63, 3.8) is 0 Å². The molecular weight excluding hydrogens is 168 g/mol. The van der Waals surface area contributed by atoms with Gasteiger partial charge in [0.15, 0.2) is 0 Å². The normalized spacial score (nSPS) is 21.0. The van der Waals surface area contributed by atoms with Crippen molar-refractivity contribution >= 4 is 0 Å². The Morgan fingerprint density at radius 2 is 1.43 bits per heavy atom. The third-order valence-electron chi connectivity index (χ3n) is 4.03. The van der Waals surface area contributed by atoms with Crippen LogP contribution >= 0.6 is 0 Å². The van der Waals surface area contributed by atoms with E-state index in [1.807, 2.05) is 0 Å². The maximum Gasteiger partial charge on any atom is -0.0248 e. The quantitative estimate of drug-likeness (QED) is 0.594. The summed E-state index contributed by atoms with van der Waals surface area (Å²) in [6, 6.07) is 0. The van der Waals surface area contributed by atoms with Gasteiger partial charge in [-0.1, -0.05) is 48.0 Å². The summed E-state index contributed by atoms with van der Waals surface area (Å²) in [6.45, 7) is 14.3. The SMILES string of the molecule is CC(C)(C)CCCC1(C(C)(C)C)CC1. The Morgan fingerprint density at radius 3 is 1.71 bits per heavy atom. The highest BCUT2D eigenvalue weighted by atomic mass is 14.6. The van der Waals surface area contributed by atoms with E-state index in [4.69, 9.17) is 0 Å². The van der Waals surface area contributed by atoms with E-state index in [0.717, 1.165) is 0 Å². The molecule has 0 radical (unpaired) electrons. The summed E-state index contributed by atoms with van der Waals surface area (Å²) in [5, 5.41) is 0. The van der Waals surface area contributed by atoms with Gasteiger partial charge in [-0.25, -0.2) is 0 Å². The molecule has 0 aromatic heterocycles. The zero-order chi connectivity index (χ0) is 11.0. The molecule has 1 aliphatic carbocycles. The van der Waals surface area contributed by atoms with Gasteiger partial charge in [-0.15, -0.1) is 0 Å². The fourth-order valence-corrected chi connectivity index (χ4v) is 2.48. The molecule has 0 aromatic rings. The average molecular weight is 196 g/mol. The molecule has 1 aliphatic rings. The number of rotatable bonds is 3. The van der Waals surface area contributed by atoms with E-state index in [2.05, 4.69) is 41.5 Å². The van der Waals surface area contributed by atoms with Crippen LogP contribution in [0.25, 0.3) is 0 Å². The molecule has 0 aromatic carbocycles. The molecule has 0 amide bonds. The third kappa shape index (κ3) is 3.00. The number of hydrogen-bond acceptors (Lipinski definition) is 0. The van der Waals surface area contributed by atoms with Crippen LogP contribution in [0.1, 0.15) is 73.6 Å². The van der Waals surface area contributed by atoms with E-state index in [1.165, 1.54) is 32.1 Å². The minimum absolute atomic E-state index is 0.522. The molecule has 0 bridgehead atoms. The highest BCUT2D eigenvalue weighted by Gasteiger charge is 2.50. The Morgan fingerprint density at radius 1 is 0.929 bits per heavy atom. The first kappa shape index (κ1) is 12.1. The minimum Gasteiger partial charge on any atom is -0.0602 e. The summed E-state index contributed by atoms with van der Waals surface area (Å²) >= 11 is 0. The van der Waals surface area contributed by atoms with Crippen molar-refractivity contribution in [1.29, 1.82) is 0 Å². The van der Waals surface area contributed by atoms with Gasteiger partial charge in [-0.05, 0) is 41.9 Å². The van der Waals surface area contributed by atoms with Gasteiger partial charge in [0.05, 0.1) is 0 Å². The smallest absolute Gasteiger partial charge is 0.0248 e. The topological polar surface area (TPSA) is 0 Å². The second-order valence-electron chi connectivity index (χ2n) is 7.44. The average Bonchev–Trinajstić information content (AvgIpc) is 2.63. The van der Waals surface area contributed by atoms with Gasteiger partial charge >= 0.3 is 0 Å². The molecule has 84 valence electrons. The summed E-state index contributed by atoms with van der Waals surface area (Å²) in [6.07, 6.45) is 7.20. The fourth-order valence-electron chi connectivity index (χ4n) is 2.48. The van der Waals surface area contributed by atoms with Crippen LogP contribution in [0.15, 0.2) is 0 Å². The highest BCUT2D eigenvalue weighted by Crippen LogP contribution is 2.61. The van der Waals surface area contributed by atoms with Crippen LogP contribution < -0.4 is 0 Å². The standard InChI is InChI=1S/C14H28/c1-12(2,3)8-7-9-14(10-11-14)13(4,5)6/h7-11H2,1-6H3. The first-order valence-electron chi connectivity index (χ1n) is 6.16. The van der Waals surface area contributed by atoms with Crippen molar-refractivity contribution in [2.45, 2.75) is 73.6 Å². The molecule has 1 rings (SSSR count). The molecular formula is C14H28. The summed E-state index contributed by atoms with van der Waals surface area (Å²) in [5.41, 5.74) is 1.76. The predicted molar refractivity (Wildman–Crippen MR) is 64.4 cm³/mol. The Labute approximate surface area is 90.5 Å². The lowest BCUT2D eigenvalue weighted by Gasteiger charge is -2.32. The number of hydrogen-bond donors (Lipinski definition) is 0. The molecule has 0 heterocycles. The van der Waals surface area contributed by atoms with Crippen LogP contribution in [0.2, 0.25) is 0 Å². The predicted octanol–water partition coefficient (Wildman–Crippen LogP) is 5.03. The molecule has 0 unspecified atom stereocenters. The largest absolute Gasteiger partial charge is 0.0602 e. The first-order chi connectivity index (χ1) is 6.16. The van der Waals surface area contributed by atoms with Gasteiger partial charge in [0.1, 0.15) is 0 Å². The van der Waals surface area contributed by atoms with Crippen molar-refractivity contribution < 1.29 is 0 Å². The molecule has 0 nitrogen and oxygen atoms in total. The van der Waals surface area contributed by atoms with Crippen LogP contribution in [-0.4, -0.2) is 0 Å². The highest BCUT2D eigenvalue weighted by molar-refractivity contribution is 5.01. The van der Waals surface area contributed by atoms with E-state index in [1.54, 1.807) is 0 Å². The van der Waals surface area contributed by atoms with Crippen molar-refractivity contribution in [2.24, 2.45) is 16.2 Å². The maximum atomic E-state index is 2.41. The summed E-state index contributed by atoms with van der Waals surface area (Å²) in [5.74, 6) is 0. The van der Waals surface area contributed by atoms with Crippen LogP contribution in [-0.2, 0) is 0 Å². The van der Waals surface area contributed by atoms with Crippen molar-refractivity contribution in [2.75, 3.05) is 0 Å². The van der Waals surface area contributed by atoms with Gasteiger partial charge in [0, 0.05) is 0 Å². The molecule has 14 heavy (non-hydrogen) atoms. The third-order valence-corrected chi connectivity index (χ3v) is 4.03. The Kier molecular flexibility index (Phi) is 3.05. The maximum absolute atomic E-state index is 2.41.